The van der Waals surface area contributed by atoms with Crippen molar-refractivity contribution in [2.24, 2.45) is 5.92 Å². The Morgan fingerprint density at radius 1 is 0.785 bits per heavy atom. The van der Waals surface area contributed by atoms with E-state index in [9.17, 15) is 78.8 Å². The summed E-state index contributed by atoms with van der Waals surface area (Å²) in [4.78, 5) is 108. The van der Waals surface area contributed by atoms with Gasteiger partial charge in [-0.05, 0) is 85.3 Å². The minimum Gasteiger partial charge on any atom is -0.691 e. The first kappa shape index (κ1) is 71.5. The number of benzene rings is 4. The molecule has 4 aromatic carbocycles. The molecular formula is C61H70N11NaO18S2. The molecule has 9 rings (SSSR count). The first-order valence-corrected chi connectivity index (χ1v) is 31.5. The van der Waals surface area contributed by atoms with Gasteiger partial charge < -0.3 is 87.1 Å². The number of fused-ring (bicyclic) bond motifs is 2. The Kier molecular flexibility index (Phi) is 24.7. The van der Waals surface area contributed by atoms with Crippen molar-refractivity contribution in [3.63, 3.8) is 0 Å². The topological polar surface area (TPSA) is 420 Å². The molecule has 8 unspecified atom stereocenters. The van der Waals surface area contributed by atoms with Crippen LogP contribution in [-0.4, -0.2) is 213 Å². The molecule has 29 nitrogen and oxygen atoms in total. The van der Waals surface area contributed by atoms with Crippen molar-refractivity contribution >= 4 is 69.5 Å². The van der Waals surface area contributed by atoms with E-state index in [2.05, 4.69) is 92.3 Å². The number of nitrogens with one attached hydrogen (secondary N) is 5. The monoisotopic (exact) mass is 1330 g/mol. The molecule has 5 heterocycles. The Bertz CT molecular complexity index is 3550. The molecule has 12 N–H and O–H groups in total. The van der Waals surface area contributed by atoms with E-state index in [0.29, 0.717) is 21.5 Å². The number of nitrogens with zero attached hydrogens (tertiary/aromatic N) is 6. The number of piperidine rings is 1. The molecule has 32 heteroatoms. The smallest absolute Gasteiger partial charge is 0.691 e. The molecule has 4 fully saturated rings. The number of hydrogen-bond donors (Lipinski definition) is 12. The number of aliphatic hydroxyl groups is 6. The van der Waals surface area contributed by atoms with Crippen LogP contribution in [0.4, 0.5) is 5.69 Å². The molecule has 93 heavy (non-hydrogen) atoms. The Hall–Kier alpha value is -7.39. The molecule has 0 radical (unpaired) electrons. The predicted molar refractivity (Wildman–Crippen MR) is 324 cm³/mol. The van der Waals surface area contributed by atoms with Gasteiger partial charge in [0.05, 0.1) is 30.5 Å². The summed E-state index contributed by atoms with van der Waals surface area (Å²) in [7, 11) is 0. The number of rotatable bonds is 15. The number of anilines is 1. The molecule has 5 aromatic rings. The molecule has 0 saturated carbocycles. The summed E-state index contributed by atoms with van der Waals surface area (Å²) in [5.74, 6) is -9.19. The molecule has 4 saturated heterocycles. The fourth-order valence-corrected chi connectivity index (χ4v) is 13.3. The van der Waals surface area contributed by atoms with Gasteiger partial charge in [-0.1, -0.05) is 66.8 Å². The second-order valence-electron chi connectivity index (χ2n) is 23.2. The van der Waals surface area contributed by atoms with E-state index in [1.807, 2.05) is 18.2 Å². The van der Waals surface area contributed by atoms with Crippen LogP contribution in [0.3, 0.4) is 0 Å². The van der Waals surface area contributed by atoms with Crippen molar-refractivity contribution in [3.05, 3.63) is 125 Å². The van der Waals surface area contributed by atoms with Gasteiger partial charge in [0.1, 0.15) is 56.9 Å². The Balaban J connectivity index is 0.0000111. The van der Waals surface area contributed by atoms with E-state index in [1.165, 1.54) is 42.0 Å². The maximum Gasteiger partial charge on any atom is 1.00 e. The molecule has 490 valence electrons. The van der Waals surface area contributed by atoms with Crippen LogP contribution >= 0.6 is 11.3 Å². The third kappa shape index (κ3) is 17.1. The van der Waals surface area contributed by atoms with Gasteiger partial charge in [0.2, 0.25) is 53.1 Å². The number of aromatic nitrogens is 2. The quantitative estimate of drug-likeness (QED) is 0.0202. The van der Waals surface area contributed by atoms with Crippen molar-refractivity contribution in [1.82, 2.24) is 46.6 Å². The van der Waals surface area contributed by atoms with Gasteiger partial charge in [-0.15, -0.1) is 14.5 Å². The van der Waals surface area contributed by atoms with Gasteiger partial charge in [-0.2, -0.15) is 0 Å². The van der Waals surface area contributed by atoms with Gasteiger partial charge in [-0.25, -0.2) is 10.8 Å². The van der Waals surface area contributed by atoms with Crippen LogP contribution in [0.2, 0.25) is 0 Å². The summed E-state index contributed by atoms with van der Waals surface area (Å²) in [5, 5.41) is 114. The number of β-amino-alcohol motifs (C(OH)–C–C–N with tert-alkyl or cyclic N) is 1. The second-order valence-corrected chi connectivity index (χ2v) is 25.2. The van der Waals surface area contributed by atoms with E-state index in [1.54, 1.807) is 12.1 Å². The molecule has 14 atom stereocenters. The number of amides is 7. The zero-order valence-corrected chi connectivity index (χ0v) is 54.4. The van der Waals surface area contributed by atoms with Crippen LogP contribution in [0.5, 0.6) is 5.75 Å². The zero-order chi connectivity index (χ0) is 66.1. The predicted octanol–water partition coefficient (Wildman–Crippen LogP) is -4.92. The van der Waals surface area contributed by atoms with E-state index < -0.39 is 181 Å². The maximum atomic E-state index is 14.6. The average Bonchev–Trinajstić information content (AvgIpc) is 1.71. The number of phenols is 1. The SMILES string of the molecule is [C-]#[N+]C[C@@H](O)[C@@H]1NC(=O)C([C@H](O)Cc2ccc(O)c(S(=O)OO[O-])c2)NC(=O)C2CC(O)CN2C(=O)C(C(C)O)NC(=O)[C@@H](NC(=O)c2ccc(-c3nnc(-c4ccc(N5CCC(c6ccccc6)CC5)cc4)s3)cc2)C[C@H](O)CNC(=O)C2[C@@H](O)C(C)CN2C1=O.[Na+]. The van der Waals surface area contributed by atoms with Gasteiger partial charge in [0.25, 0.3) is 5.91 Å². The van der Waals surface area contributed by atoms with Crippen molar-refractivity contribution in [1.29, 1.82) is 0 Å². The van der Waals surface area contributed by atoms with Crippen molar-refractivity contribution in [2.45, 2.75) is 130 Å². The van der Waals surface area contributed by atoms with E-state index >= 15 is 0 Å². The fourth-order valence-electron chi connectivity index (χ4n) is 11.8. The first-order valence-electron chi connectivity index (χ1n) is 29.6. The minimum absolute atomic E-state index is 0. The largest absolute Gasteiger partial charge is 1.00 e. The maximum absolute atomic E-state index is 14.6. The van der Waals surface area contributed by atoms with Gasteiger partial charge in [-0.3, -0.25) is 38.6 Å². The normalized spacial score (nSPS) is 25.9. The van der Waals surface area contributed by atoms with E-state index in [-0.39, 0.29) is 47.2 Å². The number of phenolic OH excluding ortho intramolecular Hbond substituents is 1. The van der Waals surface area contributed by atoms with Crippen molar-refractivity contribution < 1.29 is 118 Å². The Morgan fingerprint density at radius 3 is 2.04 bits per heavy atom. The summed E-state index contributed by atoms with van der Waals surface area (Å²) >= 11 is -1.41. The van der Waals surface area contributed by atoms with Gasteiger partial charge in [0, 0.05) is 80.3 Å². The van der Waals surface area contributed by atoms with Gasteiger partial charge in [0.15, 0.2) is 6.10 Å². The first-order chi connectivity index (χ1) is 44.0. The van der Waals surface area contributed by atoms with E-state index in [0.717, 1.165) is 66.0 Å². The Labute approximate surface area is 562 Å². The average molecular weight is 1330 g/mol. The third-order valence-corrected chi connectivity index (χ3v) is 18.7. The van der Waals surface area contributed by atoms with Crippen LogP contribution in [0.15, 0.2) is 102 Å². The van der Waals surface area contributed by atoms with Crippen LogP contribution < -0.4 is 66.3 Å². The van der Waals surface area contributed by atoms with Crippen molar-refractivity contribution in [3.8, 4) is 26.9 Å². The zero-order valence-electron chi connectivity index (χ0n) is 50.7. The molecule has 0 spiro atoms. The van der Waals surface area contributed by atoms with E-state index in [4.69, 9.17) is 6.57 Å². The number of aliphatic hydroxyl groups excluding tert-OH is 6. The molecule has 0 aliphatic carbocycles. The second kappa shape index (κ2) is 32.2. The molecule has 1 aromatic heterocycles. The molecule has 0 bridgehead atoms. The summed E-state index contributed by atoms with van der Waals surface area (Å²) in [6, 6.07) is 16.3. The molecule has 4 aliphatic heterocycles. The standard InChI is InChI=1S/C61H71N11O18S2.Na/c1-31-29-72-51(52(31)79)57(84)63-27-40(74)25-42(64-53(80)36-10-12-37(13-11-36)58-68-69-59(91-58)38-14-16-39(17-15-38)70-21-19-35(20-22-70)34-7-5-4-6-8-34)54(81)65-48(32(2)73)60(85)71-30-41(75)26-43(71)55(82)66-49(56(83)67-50(61(72)86)46(78)28-62-3)45(77)23-33-9-18-44(76)47(24-33)92(88)90-89-87;/h4-18,24,31-32,35,40-43,45-46,48-52,73-79,87H,19-23,25-30H2,1-2H3,(H,63,84)(H,64,80)(H,65,81)(H,66,82)(H,67,83);/q;+1/p-1/t31?,32?,40-,41?,42-,43?,45+,46+,48?,49?,50-,51?,52-,92?;/m0./s1. The summed E-state index contributed by atoms with van der Waals surface area (Å²) < 4.78 is 16.6. The van der Waals surface area contributed by atoms with Crippen molar-refractivity contribution in [2.75, 3.05) is 44.2 Å². The van der Waals surface area contributed by atoms with Crippen LogP contribution in [-0.2, 0) is 55.6 Å². The number of hydrogen-bond acceptors (Lipinski definition) is 22. The number of carbonyl (C=O) groups excluding carboxylic acids is 7. The fraction of sp³-hybridized carbons (Fsp3) is 0.443. The molecule has 7 amide bonds. The Morgan fingerprint density at radius 2 is 1.41 bits per heavy atom. The summed E-state index contributed by atoms with van der Waals surface area (Å²) in [5.41, 5.74) is 3.89. The number of carbonyl (C=O) groups is 7. The van der Waals surface area contributed by atoms with Gasteiger partial charge >= 0.3 is 29.6 Å². The number of aromatic hydroxyl groups is 1. The van der Waals surface area contributed by atoms with Crippen LogP contribution in [0.25, 0.3) is 26.0 Å². The molecule has 4 aliphatic rings. The summed E-state index contributed by atoms with van der Waals surface area (Å²) in [6.07, 6.45) is -10.5. The van der Waals surface area contributed by atoms with Crippen LogP contribution in [0, 0.1) is 12.5 Å². The minimum atomic E-state index is -2.73. The molecular weight excluding hydrogens is 1260 g/mol. The third-order valence-electron chi connectivity index (χ3n) is 16.8. The van der Waals surface area contributed by atoms with Crippen LogP contribution in [0.1, 0.15) is 66.9 Å². The summed E-state index contributed by atoms with van der Waals surface area (Å²) in [6.45, 7) is 9.37.